The zero-order valence-corrected chi connectivity index (χ0v) is 20.0. The minimum Gasteiger partial charge on any atom is -0.497 e. The van der Waals surface area contributed by atoms with Crippen LogP contribution in [0, 0.1) is 0 Å². The molecule has 1 aliphatic rings. The van der Waals surface area contributed by atoms with E-state index < -0.39 is 15.3 Å². The van der Waals surface area contributed by atoms with Gasteiger partial charge in [0.05, 0.1) is 12.0 Å². The second-order valence-electron chi connectivity index (χ2n) is 6.48. The van der Waals surface area contributed by atoms with Gasteiger partial charge in [0, 0.05) is 29.2 Å². The molecule has 1 fully saturated rings. The highest BCUT2D eigenvalue weighted by Gasteiger charge is 2.39. The lowest BCUT2D eigenvalue weighted by atomic mass is 10.2. The number of carbonyl (C=O) groups is 2. The Kier molecular flexibility index (Phi) is 7.39. The van der Waals surface area contributed by atoms with E-state index in [-0.39, 0.29) is 34.8 Å². The van der Waals surface area contributed by atoms with Crippen molar-refractivity contribution in [3.63, 3.8) is 0 Å². The number of hydrogen-bond acceptors (Lipinski definition) is 6. The molecule has 0 radical (unpaired) electrons. The lowest BCUT2D eigenvalue weighted by Gasteiger charge is -2.13. The number of halogens is 1. The summed E-state index contributed by atoms with van der Waals surface area (Å²) in [5, 5.41) is 2.03. The molecule has 164 valence electrons. The SMILES string of the molecule is CCN1C(=O)[C@@H](CC(=O)Nc2cccc(OC)c2)SC1=NS(=O)(=O)c1ccc(Br)cc1. The molecule has 2 aromatic rings. The van der Waals surface area contributed by atoms with Gasteiger partial charge in [-0.1, -0.05) is 33.8 Å². The number of amides is 2. The van der Waals surface area contributed by atoms with E-state index in [1.165, 1.54) is 24.1 Å². The van der Waals surface area contributed by atoms with Gasteiger partial charge in [0.2, 0.25) is 11.8 Å². The number of hydrogen-bond donors (Lipinski definition) is 1. The molecule has 0 spiro atoms. The molecule has 2 aromatic carbocycles. The fourth-order valence-corrected chi connectivity index (χ4v) is 5.53. The molecule has 2 amide bonds. The molecule has 1 heterocycles. The number of carbonyl (C=O) groups excluding carboxylic acids is 2. The Morgan fingerprint density at radius 2 is 1.97 bits per heavy atom. The molecule has 1 saturated heterocycles. The number of amidine groups is 1. The monoisotopic (exact) mass is 525 g/mol. The molecule has 11 heteroatoms. The lowest BCUT2D eigenvalue weighted by molar-refractivity contribution is -0.128. The van der Waals surface area contributed by atoms with Crippen LogP contribution in [0.3, 0.4) is 0 Å². The molecule has 1 atom stereocenters. The van der Waals surface area contributed by atoms with E-state index in [9.17, 15) is 18.0 Å². The second kappa shape index (κ2) is 9.84. The third kappa shape index (κ3) is 5.66. The van der Waals surface area contributed by atoms with E-state index in [1.54, 1.807) is 43.3 Å². The molecule has 0 aliphatic carbocycles. The number of sulfonamides is 1. The van der Waals surface area contributed by atoms with Gasteiger partial charge in [0.15, 0.2) is 5.17 Å². The van der Waals surface area contributed by atoms with Gasteiger partial charge in [-0.15, -0.1) is 4.40 Å². The van der Waals surface area contributed by atoms with Crippen LogP contribution in [-0.2, 0) is 19.6 Å². The summed E-state index contributed by atoms with van der Waals surface area (Å²) in [6.45, 7) is 1.97. The predicted octanol–water partition coefficient (Wildman–Crippen LogP) is 3.50. The summed E-state index contributed by atoms with van der Waals surface area (Å²) in [4.78, 5) is 26.5. The number of thioether (sulfide) groups is 1. The smallest absolute Gasteiger partial charge is 0.284 e. The number of methoxy groups -OCH3 is 1. The lowest BCUT2D eigenvalue weighted by Crippen LogP contribution is -2.33. The van der Waals surface area contributed by atoms with Crippen molar-refractivity contribution in [3.8, 4) is 5.75 Å². The highest BCUT2D eigenvalue weighted by molar-refractivity contribution is 9.10. The van der Waals surface area contributed by atoms with Gasteiger partial charge in [0.25, 0.3) is 10.0 Å². The van der Waals surface area contributed by atoms with Gasteiger partial charge in [0.1, 0.15) is 11.0 Å². The third-order valence-electron chi connectivity index (χ3n) is 4.37. The predicted molar refractivity (Wildman–Crippen MR) is 124 cm³/mol. The summed E-state index contributed by atoms with van der Waals surface area (Å²) >= 11 is 4.23. The van der Waals surface area contributed by atoms with Crippen LogP contribution in [0.4, 0.5) is 5.69 Å². The molecular formula is C20H20BrN3O5S2. The second-order valence-corrected chi connectivity index (χ2v) is 10.2. The fourth-order valence-electron chi connectivity index (χ4n) is 2.84. The summed E-state index contributed by atoms with van der Waals surface area (Å²) in [7, 11) is -2.47. The van der Waals surface area contributed by atoms with E-state index in [1.807, 2.05) is 0 Å². The highest BCUT2D eigenvalue weighted by Crippen LogP contribution is 2.31. The van der Waals surface area contributed by atoms with Gasteiger partial charge in [-0.2, -0.15) is 8.42 Å². The van der Waals surface area contributed by atoms with Crippen molar-refractivity contribution in [1.29, 1.82) is 0 Å². The van der Waals surface area contributed by atoms with Crippen molar-refractivity contribution in [2.45, 2.75) is 23.5 Å². The van der Waals surface area contributed by atoms with E-state index in [2.05, 4.69) is 25.6 Å². The molecule has 8 nitrogen and oxygen atoms in total. The average Bonchev–Trinajstić information content (AvgIpc) is 3.01. The maximum absolute atomic E-state index is 12.7. The number of anilines is 1. The van der Waals surface area contributed by atoms with Gasteiger partial charge in [-0.3, -0.25) is 14.5 Å². The summed E-state index contributed by atoms with van der Waals surface area (Å²) in [6, 6.07) is 12.9. The number of rotatable bonds is 7. The van der Waals surface area contributed by atoms with Crippen molar-refractivity contribution in [2.75, 3.05) is 19.0 Å². The Balaban J connectivity index is 1.75. The first kappa shape index (κ1) is 23.3. The largest absolute Gasteiger partial charge is 0.497 e. The third-order valence-corrected chi connectivity index (χ3v) is 7.47. The van der Waals surface area contributed by atoms with Gasteiger partial charge >= 0.3 is 0 Å². The van der Waals surface area contributed by atoms with Gasteiger partial charge in [-0.25, -0.2) is 0 Å². The van der Waals surface area contributed by atoms with Crippen molar-refractivity contribution in [2.24, 2.45) is 4.40 Å². The number of nitrogens with zero attached hydrogens (tertiary/aromatic N) is 2. The molecule has 31 heavy (non-hydrogen) atoms. The molecule has 1 N–H and O–H groups in total. The molecular weight excluding hydrogens is 506 g/mol. The molecule has 3 rings (SSSR count). The Hall–Kier alpha value is -2.37. The molecule has 0 bridgehead atoms. The summed E-state index contributed by atoms with van der Waals surface area (Å²) in [5.41, 5.74) is 0.541. The maximum atomic E-state index is 12.7. The standard InChI is InChI=1S/C20H20BrN3O5S2/c1-3-24-19(26)17(12-18(25)22-14-5-4-6-15(11-14)29-2)30-20(24)23-31(27,28)16-9-7-13(21)8-10-16/h4-11,17H,3,12H2,1-2H3,(H,22,25)/t17-/m1/s1. The van der Waals surface area contributed by atoms with Crippen molar-refractivity contribution in [3.05, 3.63) is 53.0 Å². The van der Waals surface area contributed by atoms with Crippen molar-refractivity contribution >= 4 is 60.4 Å². The topological polar surface area (TPSA) is 105 Å². The zero-order valence-electron chi connectivity index (χ0n) is 16.7. The maximum Gasteiger partial charge on any atom is 0.284 e. The van der Waals surface area contributed by atoms with E-state index >= 15 is 0 Å². The quantitative estimate of drug-likeness (QED) is 0.592. The van der Waals surface area contributed by atoms with E-state index in [0.29, 0.717) is 11.4 Å². The van der Waals surface area contributed by atoms with Crippen molar-refractivity contribution in [1.82, 2.24) is 4.90 Å². The molecule has 1 aliphatic heterocycles. The molecule has 0 saturated carbocycles. The number of ether oxygens (including phenoxy) is 1. The Labute approximate surface area is 193 Å². The van der Waals surface area contributed by atoms with Crippen LogP contribution in [0.15, 0.2) is 62.3 Å². The van der Waals surface area contributed by atoms with Crippen LogP contribution >= 0.6 is 27.7 Å². The first-order valence-electron chi connectivity index (χ1n) is 9.26. The Bertz CT molecular complexity index is 1120. The molecule has 0 aromatic heterocycles. The van der Waals surface area contributed by atoms with E-state index in [0.717, 1.165) is 16.2 Å². The van der Waals surface area contributed by atoms with Gasteiger partial charge in [-0.05, 0) is 43.3 Å². The van der Waals surface area contributed by atoms with Crippen LogP contribution < -0.4 is 10.1 Å². The van der Waals surface area contributed by atoms with Crippen LogP contribution in [0.2, 0.25) is 0 Å². The fraction of sp³-hybridized carbons (Fsp3) is 0.250. The van der Waals surface area contributed by atoms with Gasteiger partial charge < -0.3 is 10.1 Å². The van der Waals surface area contributed by atoms with Crippen molar-refractivity contribution < 1.29 is 22.7 Å². The highest BCUT2D eigenvalue weighted by atomic mass is 79.9. The molecule has 0 unspecified atom stereocenters. The minimum atomic E-state index is -4.00. The minimum absolute atomic E-state index is 0.0199. The zero-order chi connectivity index (χ0) is 22.6. The van der Waals surface area contributed by atoms with Crippen LogP contribution in [0.1, 0.15) is 13.3 Å². The summed E-state index contributed by atoms with van der Waals surface area (Å²) in [5.74, 6) is -0.126. The van der Waals surface area contributed by atoms with Crippen LogP contribution in [-0.4, -0.2) is 49.2 Å². The van der Waals surface area contributed by atoms with Crippen LogP contribution in [0.25, 0.3) is 0 Å². The number of nitrogens with one attached hydrogen (secondary N) is 1. The van der Waals surface area contributed by atoms with E-state index in [4.69, 9.17) is 4.74 Å². The Morgan fingerprint density at radius 3 is 2.61 bits per heavy atom. The number of benzene rings is 2. The first-order valence-corrected chi connectivity index (χ1v) is 12.4. The van der Waals surface area contributed by atoms with Crippen LogP contribution in [0.5, 0.6) is 5.75 Å². The first-order chi connectivity index (χ1) is 14.7. The summed E-state index contributed by atoms with van der Waals surface area (Å²) in [6.07, 6.45) is -0.117. The Morgan fingerprint density at radius 1 is 1.26 bits per heavy atom. The summed E-state index contributed by atoms with van der Waals surface area (Å²) < 4.78 is 35.0. The average molecular weight is 526 g/mol. The normalized spacial score (nSPS) is 17.8.